The molecule has 1 N–H and O–H groups in total. The van der Waals surface area contributed by atoms with E-state index in [0.29, 0.717) is 13.3 Å². The van der Waals surface area contributed by atoms with Gasteiger partial charge in [0.1, 0.15) is 0 Å². The Labute approximate surface area is 169 Å². The number of likely N-dealkylation sites (tertiary alicyclic amines) is 1. The zero-order valence-corrected chi connectivity index (χ0v) is 17.7. The van der Waals surface area contributed by atoms with Gasteiger partial charge in [0.05, 0.1) is 19.2 Å². The molecule has 1 aliphatic rings. The zero-order valence-electron chi connectivity index (χ0n) is 16.0. The van der Waals surface area contributed by atoms with Gasteiger partial charge in [-0.1, -0.05) is 29.0 Å². The summed E-state index contributed by atoms with van der Waals surface area (Å²) < 4.78 is 7.74. The highest BCUT2D eigenvalue weighted by atomic mass is 32.1. The van der Waals surface area contributed by atoms with E-state index in [1.165, 1.54) is 22.5 Å². The Morgan fingerprint density at radius 1 is 1.37 bits per heavy atom. The van der Waals surface area contributed by atoms with Crippen LogP contribution in [0.5, 0.6) is 0 Å². The summed E-state index contributed by atoms with van der Waals surface area (Å²) in [5.74, 6) is -0.0475. The van der Waals surface area contributed by atoms with Crippen LogP contribution in [-0.2, 0) is 16.2 Å². The molecule has 1 aromatic carbocycles. The maximum atomic E-state index is 11.9. The highest BCUT2D eigenvalue weighted by Crippen LogP contribution is 2.25. The first kappa shape index (κ1) is 20.0. The predicted octanol–water partition coefficient (Wildman–Crippen LogP) is 4.27. The first-order chi connectivity index (χ1) is 13.0. The monoisotopic (exact) mass is 406 g/mol. The van der Waals surface area contributed by atoms with Crippen LogP contribution >= 0.6 is 23.6 Å². The molecule has 8 heteroatoms. The van der Waals surface area contributed by atoms with Crippen molar-refractivity contribution in [3.05, 3.63) is 33.3 Å². The minimum absolute atomic E-state index is 0.0198. The lowest BCUT2D eigenvalue weighted by molar-refractivity contribution is -0.149. The number of nitrogens with one attached hydrogen (secondary N) is 1. The molecule has 2 aromatic rings. The van der Waals surface area contributed by atoms with Crippen molar-refractivity contribution in [1.29, 1.82) is 0 Å². The highest BCUT2D eigenvalue weighted by molar-refractivity contribution is 7.73. The summed E-state index contributed by atoms with van der Waals surface area (Å²) in [6.45, 7) is 8.81. The van der Waals surface area contributed by atoms with E-state index in [4.69, 9.17) is 17.0 Å². The third-order valence-electron chi connectivity index (χ3n) is 4.77. The fourth-order valence-corrected chi connectivity index (χ4v) is 4.28. The summed E-state index contributed by atoms with van der Waals surface area (Å²) in [4.78, 5) is 14.1. The number of aryl methyl sites for hydroxylation is 2. The molecule has 146 valence electrons. The van der Waals surface area contributed by atoms with Crippen LogP contribution in [0.1, 0.15) is 30.9 Å². The lowest BCUT2D eigenvalue weighted by Gasteiger charge is -2.30. The van der Waals surface area contributed by atoms with Crippen LogP contribution < -0.4 is 5.32 Å². The molecule has 0 atom stereocenters. The van der Waals surface area contributed by atoms with Gasteiger partial charge in [0.25, 0.3) is 0 Å². The summed E-state index contributed by atoms with van der Waals surface area (Å²) in [6, 6.07) is 6.30. The second-order valence-electron chi connectivity index (χ2n) is 6.90. The van der Waals surface area contributed by atoms with E-state index in [1.54, 1.807) is 0 Å². The number of aromatic nitrogens is 2. The molecule has 3 rings (SSSR count). The number of ether oxygens (including phenoxy) is 1. The van der Waals surface area contributed by atoms with Crippen LogP contribution in [0.2, 0.25) is 0 Å². The number of hydrogen-bond donors (Lipinski definition) is 1. The van der Waals surface area contributed by atoms with Gasteiger partial charge in [0, 0.05) is 18.8 Å². The standard InChI is InChI=1S/C19H26N4O2S2/c1-4-25-17(24)15-7-9-22(10-8-15)12-23-19(26)27-18(21-23)20-16-6-5-13(2)11-14(16)3/h5-6,11,15H,4,7-10,12H2,1-3H3,(H,20,21). The molecule has 0 spiro atoms. The molecule has 27 heavy (non-hydrogen) atoms. The molecule has 1 aromatic heterocycles. The Kier molecular flexibility index (Phi) is 6.62. The van der Waals surface area contributed by atoms with E-state index >= 15 is 0 Å². The van der Waals surface area contributed by atoms with Crippen LogP contribution in [0.25, 0.3) is 0 Å². The van der Waals surface area contributed by atoms with Gasteiger partial charge in [0.15, 0.2) is 3.95 Å². The number of carbonyl (C=O) groups excluding carboxylic acids is 1. The Morgan fingerprint density at radius 3 is 2.78 bits per heavy atom. The van der Waals surface area contributed by atoms with Crippen LogP contribution in [-0.4, -0.2) is 40.3 Å². The number of hydrogen-bond acceptors (Lipinski definition) is 7. The van der Waals surface area contributed by atoms with E-state index in [0.717, 1.165) is 40.7 Å². The number of carbonyl (C=O) groups is 1. The van der Waals surface area contributed by atoms with E-state index < -0.39 is 0 Å². The number of nitrogens with zero attached hydrogens (tertiary/aromatic N) is 3. The van der Waals surface area contributed by atoms with Crippen LogP contribution in [0.15, 0.2) is 18.2 Å². The number of benzene rings is 1. The van der Waals surface area contributed by atoms with E-state index in [-0.39, 0.29) is 11.9 Å². The summed E-state index contributed by atoms with van der Waals surface area (Å²) in [7, 11) is 0. The van der Waals surface area contributed by atoms with E-state index in [1.807, 2.05) is 11.6 Å². The molecule has 0 unspecified atom stereocenters. The Hall–Kier alpha value is -1.77. The van der Waals surface area contributed by atoms with Crippen molar-refractivity contribution in [2.45, 2.75) is 40.3 Å². The van der Waals surface area contributed by atoms with Gasteiger partial charge in [-0.25, -0.2) is 4.68 Å². The van der Waals surface area contributed by atoms with Crippen molar-refractivity contribution in [2.24, 2.45) is 5.92 Å². The van der Waals surface area contributed by atoms with Gasteiger partial charge < -0.3 is 10.1 Å². The molecule has 2 heterocycles. The lowest BCUT2D eigenvalue weighted by atomic mass is 9.97. The number of esters is 1. The molecule has 6 nitrogen and oxygen atoms in total. The van der Waals surface area contributed by atoms with E-state index in [2.05, 4.69) is 47.4 Å². The smallest absolute Gasteiger partial charge is 0.309 e. The van der Waals surface area contributed by atoms with Gasteiger partial charge in [-0.15, -0.1) is 5.10 Å². The molecule has 0 bridgehead atoms. The molecule has 1 saturated heterocycles. The molecule has 0 amide bonds. The average molecular weight is 407 g/mol. The quantitative estimate of drug-likeness (QED) is 0.571. The Balaban J connectivity index is 1.59. The van der Waals surface area contributed by atoms with E-state index in [9.17, 15) is 4.79 Å². The molecule has 0 radical (unpaired) electrons. The predicted molar refractivity (Wildman–Crippen MR) is 111 cm³/mol. The van der Waals surface area contributed by atoms with Crippen molar-refractivity contribution in [2.75, 3.05) is 25.0 Å². The van der Waals surface area contributed by atoms with Crippen molar-refractivity contribution in [3.8, 4) is 0 Å². The number of anilines is 2. The first-order valence-electron chi connectivity index (χ1n) is 9.27. The molecule has 1 aliphatic heterocycles. The number of piperidine rings is 1. The summed E-state index contributed by atoms with van der Waals surface area (Å²) in [5, 5.41) is 8.81. The lowest BCUT2D eigenvalue weighted by Crippen LogP contribution is -2.38. The third kappa shape index (κ3) is 5.15. The zero-order chi connectivity index (χ0) is 19.4. The van der Waals surface area contributed by atoms with Gasteiger partial charge in [-0.05, 0) is 57.5 Å². The van der Waals surface area contributed by atoms with Gasteiger partial charge in [-0.3, -0.25) is 9.69 Å². The second kappa shape index (κ2) is 8.95. The highest BCUT2D eigenvalue weighted by Gasteiger charge is 2.26. The fourth-order valence-electron chi connectivity index (χ4n) is 3.27. The summed E-state index contributed by atoms with van der Waals surface area (Å²) in [5.41, 5.74) is 3.47. The van der Waals surface area contributed by atoms with Crippen LogP contribution in [0.3, 0.4) is 0 Å². The topological polar surface area (TPSA) is 59.4 Å². The third-order valence-corrected chi connectivity index (χ3v) is 5.99. The van der Waals surface area contributed by atoms with Gasteiger partial charge >= 0.3 is 5.97 Å². The average Bonchev–Trinajstić information content (AvgIpc) is 2.97. The van der Waals surface area contributed by atoms with Crippen molar-refractivity contribution in [1.82, 2.24) is 14.7 Å². The minimum Gasteiger partial charge on any atom is -0.466 e. The summed E-state index contributed by atoms with van der Waals surface area (Å²) in [6.07, 6.45) is 1.65. The van der Waals surface area contributed by atoms with Crippen molar-refractivity contribution in [3.63, 3.8) is 0 Å². The Bertz CT molecular complexity index is 854. The molecule has 0 aliphatic carbocycles. The minimum atomic E-state index is -0.0672. The normalized spacial score (nSPS) is 15.7. The molecular formula is C19H26N4O2S2. The second-order valence-corrected chi connectivity index (χ2v) is 8.52. The maximum absolute atomic E-state index is 11.9. The number of rotatable bonds is 6. The van der Waals surface area contributed by atoms with Crippen LogP contribution in [0, 0.1) is 23.7 Å². The van der Waals surface area contributed by atoms with Gasteiger partial charge in [-0.2, -0.15) is 0 Å². The first-order valence-corrected chi connectivity index (χ1v) is 10.5. The maximum Gasteiger partial charge on any atom is 0.309 e. The van der Waals surface area contributed by atoms with Crippen LogP contribution in [0.4, 0.5) is 10.8 Å². The largest absolute Gasteiger partial charge is 0.466 e. The molecule has 0 saturated carbocycles. The van der Waals surface area contributed by atoms with Crippen molar-refractivity contribution >= 4 is 40.3 Å². The van der Waals surface area contributed by atoms with Crippen molar-refractivity contribution < 1.29 is 9.53 Å². The molecule has 1 fully saturated rings. The molecular weight excluding hydrogens is 380 g/mol. The van der Waals surface area contributed by atoms with Gasteiger partial charge in [0.2, 0.25) is 5.13 Å². The summed E-state index contributed by atoms with van der Waals surface area (Å²) >= 11 is 6.97. The Morgan fingerprint density at radius 2 is 2.11 bits per heavy atom. The SMILES string of the molecule is CCOC(=O)C1CCN(Cn2nc(Nc3ccc(C)cc3C)sc2=S)CC1. The fraction of sp³-hybridized carbons (Fsp3) is 0.526.